The number of carbonyl (C=O) groups excluding carboxylic acids is 2. The van der Waals surface area contributed by atoms with Crippen LogP contribution in [0.25, 0.3) is 22.1 Å². The Morgan fingerprint density at radius 1 is 0.827 bits per heavy atom. The minimum absolute atomic E-state index is 0. The van der Waals surface area contributed by atoms with Gasteiger partial charge in [-0.1, -0.05) is 6.58 Å². The van der Waals surface area contributed by atoms with Crippen molar-refractivity contribution >= 4 is 40.6 Å². The van der Waals surface area contributed by atoms with E-state index < -0.39 is 58.8 Å². The molecular weight excluding hydrogens is 690 g/mol. The number of benzene rings is 2. The summed E-state index contributed by atoms with van der Waals surface area (Å²) in [5.41, 5.74) is 2.04. The van der Waals surface area contributed by atoms with Crippen LogP contribution in [0.1, 0.15) is 72.8 Å². The summed E-state index contributed by atoms with van der Waals surface area (Å²) in [6.07, 6.45) is 2.11. The Bertz CT molecular complexity index is 2360. The first kappa shape index (κ1) is 36.0. The van der Waals surface area contributed by atoms with Gasteiger partial charge >= 0.3 is 0 Å². The Labute approximate surface area is 296 Å². The van der Waals surface area contributed by atoms with Gasteiger partial charge in [-0.25, -0.2) is 36.3 Å². The molecule has 3 aromatic heterocycles. The van der Waals surface area contributed by atoms with Gasteiger partial charge < -0.3 is 19.8 Å². The highest BCUT2D eigenvalue weighted by Gasteiger charge is 2.34. The molecule has 1 unspecified atom stereocenters. The lowest BCUT2D eigenvalue weighted by Gasteiger charge is -2.34. The summed E-state index contributed by atoms with van der Waals surface area (Å²) in [7, 11) is 0. The molecule has 0 radical (unpaired) electrons. The van der Waals surface area contributed by atoms with Crippen molar-refractivity contribution in [3.05, 3.63) is 111 Å². The zero-order chi connectivity index (χ0) is 37.8. The highest BCUT2D eigenvalue weighted by Crippen LogP contribution is 2.33. The van der Waals surface area contributed by atoms with Gasteiger partial charge in [0.1, 0.15) is 34.3 Å². The number of halogens is 6. The molecule has 2 aromatic carbocycles. The third kappa shape index (κ3) is 6.11. The molecule has 0 spiro atoms. The van der Waals surface area contributed by atoms with Crippen molar-refractivity contribution in [2.45, 2.75) is 52.6 Å². The first-order chi connectivity index (χ1) is 24.6. The number of aromatic nitrogens is 5. The average Bonchev–Trinajstić information content (AvgIpc) is 3.77. The lowest BCUT2D eigenvalue weighted by atomic mass is 9.97. The summed E-state index contributed by atoms with van der Waals surface area (Å²) in [5, 5.41) is 0. The first-order valence-corrected chi connectivity index (χ1v) is 16.1. The smallest absolute Gasteiger partial charge is 0.290 e. The van der Waals surface area contributed by atoms with E-state index in [9.17, 15) is 35.9 Å². The summed E-state index contributed by atoms with van der Waals surface area (Å²) in [6.45, 7) is 13.6. The number of hydrogen-bond donors (Lipinski definition) is 2. The van der Waals surface area contributed by atoms with Crippen LogP contribution in [-0.4, -0.2) is 72.4 Å². The van der Waals surface area contributed by atoms with Crippen molar-refractivity contribution < 1.29 is 38.8 Å². The van der Waals surface area contributed by atoms with Crippen LogP contribution in [0.5, 0.6) is 0 Å². The third-order valence-corrected chi connectivity index (χ3v) is 9.52. The average molecular weight is 727 g/mol. The summed E-state index contributed by atoms with van der Waals surface area (Å²) in [5.74, 6) is -5.55. The minimum Gasteiger partial charge on any atom is -0.333 e. The van der Waals surface area contributed by atoms with Gasteiger partial charge in [0, 0.05) is 75.1 Å². The van der Waals surface area contributed by atoms with Crippen LogP contribution in [0.4, 0.5) is 26.3 Å². The number of aryl methyl sites for hydroxylation is 2. The van der Waals surface area contributed by atoms with Crippen LogP contribution >= 0.6 is 0 Å². The van der Waals surface area contributed by atoms with Crippen LogP contribution in [-0.2, 0) is 6.42 Å². The second kappa shape index (κ2) is 13.7. The molecule has 7 rings (SSSR count). The van der Waals surface area contributed by atoms with E-state index in [1.165, 1.54) is 35.9 Å². The first-order valence-electron chi connectivity index (χ1n) is 16.1. The maximum absolute atomic E-state index is 14.2. The predicted octanol–water partition coefficient (Wildman–Crippen LogP) is 7.76. The standard InChI is InChI=1S/C18H15F3N4O.C18H17F3N4O.2H2/c1-8-11(20)7-12(21)16-15(8)23-17(24-16)18(26)25-6-4-13-14(9(25)2)10(19)3-5-22-13;1-8-11(20)7-12(21)16-15(8)23-17(24-16)18(26)25-6-5-13(22-4)14(9(2)19)10(25)3;;/h3,5,7,9H,4,6H2,1-2H3,(H,23,24);7,10H,2,4-6H2,1,3H3,(H,23,24);2*1H/t;10-;;/m.1../s1. The molecule has 52 heavy (non-hydrogen) atoms. The fraction of sp³-hybridized carbons (Fsp3) is 0.278. The van der Waals surface area contributed by atoms with Crippen LogP contribution < -0.4 is 0 Å². The molecule has 16 heteroatoms. The molecule has 5 aromatic rings. The molecule has 10 nitrogen and oxygen atoms in total. The molecule has 0 saturated carbocycles. The van der Waals surface area contributed by atoms with Gasteiger partial charge in [0.15, 0.2) is 23.3 Å². The van der Waals surface area contributed by atoms with Crippen LogP contribution in [0, 0.1) is 42.9 Å². The van der Waals surface area contributed by atoms with Gasteiger partial charge in [-0.2, -0.15) is 0 Å². The van der Waals surface area contributed by atoms with Crippen molar-refractivity contribution in [1.29, 1.82) is 0 Å². The van der Waals surface area contributed by atoms with E-state index in [1.807, 2.05) is 0 Å². The number of pyridine rings is 1. The van der Waals surface area contributed by atoms with Crippen LogP contribution in [0.3, 0.4) is 0 Å². The van der Waals surface area contributed by atoms with Gasteiger partial charge in [-0.3, -0.25) is 19.6 Å². The monoisotopic (exact) mass is 726 g/mol. The molecule has 274 valence electrons. The Hall–Kier alpha value is -5.80. The Balaban J connectivity index is 0.000000232. The zero-order valence-electron chi connectivity index (χ0n) is 28.5. The fourth-order valence-electron chi connectivity index (χ4n) is 6.68. The van der Waals surface area contributed by atoms with E-state index in [2.05, 4.69) is 43.2 Å². The van der Waals surface area contributed by atoms with Crippen LogP contribution in [0.15, 0.2) is 53.1 Å². The highest BCUT2D eigenvalue weighted by atomic mass is 19.2. The number of nitrogens with one attached hydrogen (secondary N) is 2. The third-order valence-electron chi connectivity index (χ3n) is 9.52. The Morgan fingerprint density at radius 3 is 1.83 bits per heavy atom. The summed E-state index contributed by atoms with van der Waals surface area (Å²) < 4.78 is 83.4. The molecule has 2 atom stereocenters. The van der Waals surface area contributed by atoms with E-state index in [-0.39, 0.29) is 59.8 Å². The number of amides is 2. The lowest BCUT2D eigenvalue weighted by Crippen LogP contribution is -2.44. The van der Waals surface area contributed by atoms with E-state index in [0.717, 1.165) is 12.1 Å². The molecule has 2 amide bonds. The zero-order valence-corrected chi connectivity index (χ0v) is 28.5. The van der Waals surface area contributed by atoms with Gasteiger partial charge in [0.2, 0.25) is 0 Å². The maximum atomic E-state index is 14.2. The van der Waals surface area contributed by atoms with E-state index >= 15 is 0 Å². The van der Waals surface area contributed by atoms with Gasteiger partial charge in [-0.15, -0.1) is 0 Å². The Morgan fingerprint density at radius 2 is 1.33 bits per heavy atom. The Kier molecular flexibility index (Phi) is 9.51. The molecule has 0 bridgehead atoms. The number of aromatic amines is 2. The molecule has 2 aliphatic rings. The minimum atomic E-state index is -0.860. The predicted molar refractivity (Wildman–Crippen MR) is 185 cm³/mol. The molecule has 0 saturated heterocycles. The van der Waals surface area contributed by atoms with Gasteiger partial charge in [0.05, 0.1) is 28.8 Å². The molecule has 0 fully saturated rings. The normalized spacial score (nSPS) is 17.3. The summed E-state index contributed by atoms with van der Waals surface area (Å²) >= 11 is 0. The quantitative estimate of drug-likeness (QED) is 0.145. The number of aliphatic imine (C=N–C) groups is 1. The second-order valence-electron chi connectivity index (χ2n) is 12.5. The molecular formula is C36H36F6N8O2. The van der Waals surface area contributed by atoms with Crippen molar-refractivity contribution in [3.8, 4) is 0 Å². The number of H-pyrrole nitrogens is 2. The fourth-order valence-corrected chi connectivity index (χ4v) is 6.68. The van der Waals surface area contributed by atoms with Crippen molar-refractivity contribution in [2.24, 2.45) is 4.99 Å². The maximum Gasteiger partial charge on any atom is 0.290 e. The van der Waals surface area contributed by atoms with E-state index in [0.29, 0.717) is 36.3 Å². The van der Waals surface area contributed by atoms with E-state index in [1.54, 1.807) is 13.8 Å². The lowest BCUT2D eigenvalue weighted by molar-refractivity contribution is 0.0659. The highest BCUT2D eigenvalue weighted by molar-refractivity contribution is 5.96. The molecule has 5 heterocycles. The number of carbonyl (C=O) groups is 2. The van der Waals surface area contributed by atoms with Crippen LogP contribution in [0.2, 0.25) is 0 Å². The van der Waals surface area contributed by atoms with Crippen molar-refractivity contribution in [3.63, 3.8) is 0 Å². The number of imidazole rings is 2. The molecule has 2 aliphatic heterocycles. The number of hydrogen-bond acceptors (Lipinski definition) is 6. The van der Waals surface area contributed by atoms with Gasteiger partial charge in [-0.05, 0) is 40.5 Å². The topological polar surface area (TPSA) is 123 Å². The molecule has 0 aliphatic carbocycles. The largest absolute Gasteiger partial charge is 0.333 e. The van der Waals surface area contributed by atoms with Crippen molar-refractivity contribution in [2.75, 3.05) is 13.1 Å². The SMILES string of the molecule is C=NC1=C(C(=C)F)[C@@H](C)N(C(=O)c2nc3c(F)cc(F)c(C)c3[nH]2)CC1.Cc1c(F)cc(F)c2nc(C(=O)N3CCc4nccc(F)c4C3C)[nH]c12.[HH].[HH]. The summed E-state index contributed by atoms with van der Waals surface area (Å²) in [6, 6.07) is 1.53. The number of nitrogens with zero attached hydrogens (tertiary/aromatic N) is 6. The van der Waals surface area contributed by atoms with Gasteiger partial charge in [0.25, 0.3) is 11.8 Å². The number of fused-ring (bicyclic) bond motifs is 3. The molecule has 2 N–H and O–H groups in total. The van der Waals surface area contributed by atoms with Crippen molar-refractivity contribution in [1.82, 2.24) is 34.7 Å². The summed E-state index contributed by atoms with van der Waals surface area (Å²) in [4.78, 5) is 49.9. The second-order valence-corrected chi connectivity index (χ2v) is 12.5. The number of rotatable bonds is 4. The van der Waals surface area contributed by atoms with E-state index in [4.69, 9.17) is 0 Å².